The van der Waals surface area contributed by atoms with Crippen LogP contribution in [0.15, 0.2) is 0 Å². The molecule has 3 heteroatoms. The van der Waals surface area contributed by atoms with Crippen LogP contribution < -0.4 is 5.73 Å². The Balaban J connectivity index is 3.98. The Morgan fingerprint density at radius 3 is 1.20 bits per heavy atom. The van der Waals surface area contributed by atoms with Crippen molar-refractivity contribution >= 4 is 0 Å². The molecule has 0 aromatic heterocycles. The van der Waals surface area contributed by atoms with E-state index < -0.39 is 5.54 Å². The molecule has 0 unspecified atom stereocenters. The maximum Gasteiger partial charge on any atom is 0.0673 e. The summed E-state index contributed by atoms with van der Waals surface area (Å²) in [5.74, 6) is 0. The zero-order valence-electron chi connectivity index (χ0n) is 11.3. The summed E-state index contributed by atoms with van der Waals surface area (Å²) >= 11 is 0. The molecule has 0 spiro atoms. The van der Waals surface area contributed by atoms with Crippen molar-refractivity contribution in [3.63, 3.8) is 0 Å². The Kier molecular flexibility index (Phi) is 4.77. The van der Waals surface area contributed by atoms with Crippen molar-refractivity contribution in [2.45, 2.75) is 65.2 Å². The van der Waals surface area contributed by atoms with Gasteiger partial charge in [-0.2, -0.15) is 0 Å². The molecule has 0 radical (unpaired) electrons. The standard InChI is InChI=1S/C12H27NO2/c1-10(2,3)14-8-12(7,13)9-15-11(4,5)6/h8-9,13H2,1-7H3. The molecule has 0 bridgehead atoms. The highest BCUT2D eigenvalue weighted by Gasteiger charge is 2.25. The maximum absolute atomic E-state index is 6.08. The third-order valence-corrected chi connectivity index (χ3v) is 1.67. The largest absolute Gasteiger partial charge is 0.374 e. The fourth-order valence-corrected chi connectivity index (χ4v) is 0.804. The van der Waals surface area contributed by atoms with E-state index in [2.05, 4.69) is 0 Å². The van der Waals surface area contributed by atoms with Gasteiger partial charge in [0.1, 0.15) is 0 Å². The van der Waals surface area contributed by atoms with Crippen molar-refractivity contribution in [1.29, 1.82) is 0 Å². The van der Waals surface area contributed by atoms with Crippen LogP contribution in [0, 0.1) is 0 Å². The van der Waals surface area contributed by atoms with Crippen molar-refractivity contribution in [3.05, 3.63) is 0 Å². The van der Waals surface area contributed by atoms with Crippen LogP contribution in [-0.4, -0.2) is 30.0 Å². The molecular formula is C12H27NO2. The second-order valence-corrected chi connectivity index (χ2v) is 6.46. The maximum atomic E-state index is 6.08. The van der Waals surface area contributed by atoms with Crippen molar-refractivity contribution in [2.75, 3.05) is 13.2 Å². The van der Waals surface area contributed by atoms with Crippen molar-refractivity contribution in [1.82, 2.24) is 0 Å². The van der Waals surface area contributed by atoms with Crippen molar-refractivity contribution in [3.8, 4) is 0 Å². The smallest absolute Gasteiger partial charge is 0.0673 e. The molecule has 0 fully saturated rings. The molecule has 15 heavy (non-hydrogen) atoms. The number of hydrogen-bond acceptors (Lipinski definition) is 3. The van der Waals surface area contributed by atoms with Crippen LogP contribution >= 0.6 is 0 Å². The van der Waals surface area contributed by atoms with Gasteiger partial charge in [-0.25, -0.2) is 0 Å². The number of hydrogen-bond donors (Lipinski definition) is 1. The van der Waals surface area contributed by atoms with Gasteiger partial charge in [-0.05, 0) is 48.5 Å². The highest BCUT2D eigenvalue weighted by Crippen LogP contribution is 2.14. The average Bonchev–Trinajstić information content (AvgIpc) is 1.96. The monoisotopic (exact) mass is 217 g/mol. The highest BCUT2D eigenvalue weighted by molar-refractivity contribution is 4.80. The Morgan fingerprint density at radius 2 is 1.00 bits per heavy atom. The van der Waals surface area contributed by atoms with E-state index in [1.807, 2.05) is 48.5 Å². The molecule has 92 valence electrons. The summed E-state index contributed by atoms with van der Waals surface area (Å²) in [6.07, 6.45) is 0. The lowest BCUT2D eigenvalue weighted by Crippen LogP contribution is -2.49. The molecule has 0 saturated heterocycles. The zero-order chi connectivity index (χ0) is 12.3. The van der Waals surface area contributed by atoms with Crippen LogP contribution in [0.2, 0.25) is 0 Å². The summed E-state index contributed by atoms with van der Waals surface area (Å²) in [7, 11) is 0. The van der Waals surface area contributed by atoms with Crippen LogP contribution in [-0.2, 0) is 9.47 Å². The molecule has 0 aliphatic rings. The first-order chi connectivity index (χ1) is 6.41. The van der Waals surface area contributed by atoms with Gasteiger partial charge in [0.05, 0.1) is 30.0 Å². The summed E-state index contributed by atoms with van der Waals surface area (Å²) in [6, 6.07) is 0. The minimum Gasteiger partial charge on any atom is -0.374 e. The van der Waals surface area contributed by atoms with E-state index in [0.717, 1.165) is 0 Å². The molecule has 0 aliphatic carbocycles. The minimum absolute atomic E-state index is 0.150. The molecule has 0 aliphatic heterocycles. The summed E-state index contributed by atoms with van der Waals surface area (Å²) < 4.78 is 11.3. The van der Waals surface area contributed by atoms with E-state index in [9.17, 15) is 0 Å². The molecular weight excluding hydrogens is 190 g/mol. The molecule has 0 atom stereocenters. The number of rotatable bonds is 4. The van der Waals surface area contributed by atoms with Gasteiger partial charge in [0.25, 0.3) is 0 Å². The van der Waals surface area contributed by atoms with Crippen LogP contribution in [0.3, 0.4) is 0 Å². The minimum atomic E-state index is -0.430. The van der Waals surface area contributed by atoms with E-state index in [-0.39, 0.29) is 11.2 Å². The van der Waals surface area contributed by atoms with Gasteiger partial charge in [0.2, 0.25) is 0 Å². The fraction of sp³-hybridized carbons (Fsp3) is 1.00. The third-order valence-electron chi connectivity index (χ3n) is 1.67. The molecule has 2 N–H and O–H groups in total. The van der Waals surface area contributed by atoms with Gasteiger partial charge in [-0.15, -0.1) is 0 Å². The SMILES string of the molecule is CC(N)(COC(C)(C)C)COC(C)(C)C. The summed E-state index contributed by atoms with van der Waals surface area (Å²) in [5, 5.41) is 0. The lowest BCUT2D eigenvalue weighted by atomic mass is 10.1. The lowest BCUT2D eigenvalue weighted by Gasteiger charge is -2.32. The Morgan fingerprint density at radius 1 is 0.733 bits per heavy atom. The molecule has 0 aromatic rings. The summed E-state index contributed by atoms with van der Waals surface area (Å²) in [6.45, 7) is 15.1. The quantitative estimate of drug-likeness (QED) is 0.786. The Bertz CT molecular complexity index is 167. The van der Waals surface area contributed by atoms with Crippen LogP contribution in [0.4, 0.5) is 0 Å². The van der Waals surface area contributed by atoms with Crippen LogP contribution in [0.25, 0.3) is 0 Å². The van der Waals surface area contributed by atoms with Gasteiger partial charge in [-0.3, -0.25) is 0 Å². The van der Waals surface area contributed by atoms with E-state index in [1.54, 1.807) is 0 Å². The highest BCUT2D eigenvalue weighted by atomic mass is 16.5. The lowest BCUT2D eigenvalue weighted by molar-refractivity contribution is -0.0724. The van der Waals surface area contributed by atoms with Gasteiger partial charge in [0.15, 0.2) is 0 Å². The van der Waals surface area contributed by atoms with E-state index in [0.29, 0.717) is 13.2 Å². The van der Waals surface area contributed by atoms with Gasteiger partial charge in [-0.1, -0.05) is 0 Å². The second kappa shape index (κ2) is 4.81. The first-order valence-electron chi connectivity index (χ1n) is 5.48. The van der Waals surface area contributed by atoms with Crippen molar-refractivity contribution < 1.29 is 9.47 Å². The predicted molar refractivity (Wildman–Crippen MR) is 64.0 cm³/mol. The Labute approximate surface area is 94.3 Å². The van der Waals surface area contributed by atoms with Gasteiger partial charge in [0, 0.05) is 0 Å². The molecule has 0 rings (SSSR count). The molecule has 0 heterocycles. The van der Waals surface area contributed by atoms with Crippen LogP contribution in [0.1, 0.15) is 48.5 Å². The number of nitrogens with two attached hydrogens (primary N) is 1. The Hall–Kier alpha value is -0.120. The summed E-state index contributed by atoms with van der Waals surface area (Å²) in [5.41, 5.74) is 5.35. The van der Waals surface area contributed by atoms with E-state index in [4.69, 9.17) is 15.2 Å². The third kappa shape index (κ3) is 10.2. The molecule has 0 amide bonds. The normalized spacial score (nSPS) is 14.4. The zero-order valence-corrected chi connectivity index (χ0v) is 11.3. The molecule has 3 nitrogen and oxygen atoms in total. The molecule has 0 aromatic carbocycles. The van der Waals surface area contributed by atoms with Gasteiger partial charge >= 0.3 is 0 Å². The molecule has 0 saturated carbocycles. The summed E-state index contributed by atoms with van der Waals surface area (Å²) in [4.78, 5) is 0. The van der Waals surface area contributed by atoms with E-state index in [1.165, 1.54) is 0 Å². The van der Waals surface area contributed by atoms with E-state index >= 15 is 0 Å². The fourth-order valence-electron chi connectivity index (χ4n) is 0.804. The van der Waals surface area contributed by atoms with Crippen molar-refractivity contribution in [2.24, 2.45) is 5.73 Å². The predicted octanol–water partition coefficient (Wildman–Crippen LogP) is 2.33. The first kappa shape index (κ1) is 14.9. The first-order valence-corrected chi connectivity index (χ1v) is 5.48. The average molecular weight is 217 g/mol. The van der Waals surface area contributed by atoms with Gasteiger partial charge < -0.3 is 15.2 Å². The number of ether oxygens (including phenoxy) is 2. The second-order valence-electron chi connectivity index (χ2n) is 6.46. The van der Waals surface area contributed by atoms with Crippen LogP contribution in [0.5, 0.6) is 0 Å². The topological polar surface area (TPSA) is 44.5 Å².